The number of urea groups is 1. The first-order valence-corrected chi connectivity index (χ1v) is 13.8. The van der Waals surface area contributed by atoms with Gasteiger partial charge >= 0.3 is 6.03 Å². The van der Waals surface area contributed by atoms with Crippen molar-refractivity contribution in [2.24, 2.45) is 0 Å². The number of anilines is 2. The van der Waals surface area contributed by atoms with Crippen LogP contribution in [0.3, 0.4) is 0 Å². The summed E-state index contributed by atoms with van der Waals surface area (Å²) in [6.07, 6.45) is 2.63. The summed E-state index contributed by atoms with van der Waals surface area (Å²) in [5.74, 6) is 2.12. The number of rotatable bonds is 11. The Kier molecular flexibility index (Phi) is 9.57. The first-order chi connectivity index (χ1) is 19.6. The molecule has 0 aliphatic carbocycles. The zero-order valence-electron chi connectivity index (χ0n) is 24.7. The maximum Gasteiger partial charge on any atom is 0.320 e. The Bertz CT molecular complexity index is 1440. The molecule has 0 unspecified atom stereocenters. The summed E-state index contributed by atoms with van der Waals surface area (Å²) < 4.78 is 7.85. The maximum atomic E-state index is 13.0. The minimum Gasteiger partial charge on any atom is -0.439 e. The molecule has 0 saturated carbocycles. The van der Waals surface area contributed by atoms with Crippen LogP contribution in [-0.4, -0.2) is 57.9 Å². The van der Waals surface area contributed by atoms with Crippen LogP contribution in [0.15, 0.2) is 66.9 Å². The molecular formula is C31H40N8O2. The molecule has 3 N–H and O–H groups in total. The van der Waals surface area contributed by atoms with E-state index in [0.29, 0.717) is 23.4 Å². The summed E-state index contributed by atoms with van der Waals surface area (Å²) in [5, 5.41) is 13.9. The molecule has 0 saturated heterocycles. The SMILES string of the molecule is Cc1ccc(-n2nc(C(C)(C)C)cc2NC(=O)NCc2ccccc2Oc2ccnc(NCCCN(C)C)n2)cc1. The number of nitrogens with one attached hydrogen (secondary N) is 3. The second kappa shape index (κ2) is 13.3. The van der Waals surface area contributed by atoms with Crippen LogP contribution in [0.25, 0.3) is 5.69 Å². The number of ether oxygens (including phenoxy) is 1. The molecule has 0 aliphatic heterocycles. The number of aryl methyl sites for hydroxylation is 1. The standard InChI is InChI=1S/C31H40N8O2/c1-22-12-14-24(15-13-22)39-27(20-26(37-39)31(2,3)4)35-30(40)34-21-23-10-7-8-11-25(23)41-28-16-18-33-29(36-28)32-17-9-19-38(5)6/h7-8,10-16,18,20H,9,17,19,21H2,1-6H3,(H,32,33,36)(H2,34,35,40). The Hall–Kier alpha value is -4.44. The predicted molar refractivity (Wildman–Crippen MR) is 163 cm³/mol. The molecule has 2 amide bonds. The van der Waals surface area contributed by atoms with Crippen molar-refractivity contribution in [2.45, 2.75) is 46.1 Å². The predicted octanol–water partition coefficient (Wildman–Crippen LogP) is 5.75. The number of carbonyl (C=O) groups is 1. The zero-order valence-corrected chi connectivity index (χ0v) is 24.7. The van der Waals surface area contributed by atoms with E-state index in [4.69, 9.17) is 9.84 Å². The highest BCUT2D eigenvalue weighted by atomic mass is 16.5. The molecule has 0 spiro atoms. The largest absolute Gasteiger partial charge is 0.439 e. The van der Waals surface area contributed by atoms with Gasteiger partial charge in [0.05, 0.1) is 11.4 Å². The minimum atomic E-state index is -0.347. The Morgan fingerprint density at radius 3 is 2.54 bits per heavy atom. The highest BCUT2D eigenvalue weighted by molar-refractivity contribution is 5.88. The van der Waals surface area contributed by atoms with E-state index in [-0.39, 0.29) is 18.0 Å². The first-order valence-electron chi connectivity index (χ1n) is 13.8. The highest BCUT2D eigenvalue weighted by Crippen LogP contribution is 2.27. The van der Waals surface area contributed by atoms with Crippen LogP contribution in [0.5, 0.6) is 11.6 Å². The summed E-state index contributed by atoms with van der Waals surface area (Å²) in [5.41, 5.74) is 3.53. The maximum absolute atomic E-state index is 13.0. The molecule has 0 atom stereocenters. The molecule has 2 heterocycles. The highest BCUT2D eigenvalue weighted by Gasteiger charge is 2.21. The van der Waals surface area contributed by atoms with Gasteiger partial charge in [-0.15, -0.1) is 0 Å². The molecule has 216 valence electrons. The van der Waals surface area contributed by atoms with Crippen LogP contribution in [0.2, 0.25) is 0 Å². The van der Waals surface area contributed by atoms with Crippen LogP contribution in [0.4, 0.5) is 16.6 Å². The number of carbonyl (C=O) groups excluding carboxylic acids is 1. The van der Waals surface area contributed by atoms with Crippen LogP contribution in [0, 0.1) is 6.92 Å². The number of hydrogen-bond acceptors (Lipinski definition) is 7. The Morgan fingerprint density at radius 2 is 1.80 bits per heavy atom. The van der Waals surface area contributed by atoms with Crippen LogP contribution in [-0.2, 0) is 12.0 Å². The van der Waals surface area contributed by atoms with Gasteiger partial charge in [0, 0.05) is 42.4 Å². The van der Waals surface area contributed by atoms with Gasteiger partial charge in [-0.25, -0.2) is 14.5 Å². The van der Waals surface area contributed by atoms with Crippen molar-refractivity contribution < 1.29 is 9.53 Å². The van der Waals surface area contributed by atoms with Crippen molar-refractivity contribution in [3.05, 3.63) is 83.7 Å². The molecular weight excluding hydrogens is 516 g/mol. The molecule has 10 nitrogen and oxygen atoms in total. The van der Waals surface area contributed by atoms with E-state index in [9.17, 15) is 4.79 Å². The fourth-order valence-electron chi connectivity index (χ4n) is 4.00. The zero-order chi connectivity index (χ0) is 29.4. The Balaban J connectivity index is 1.42. The van der Waals surface area contributed by atoms with E-state index in [1.807, 2.05) is 75.6 Å². The smallest absolute Gasteiger partial charge is 0.320 e. The summed E-state index contributed by atoms with van der Waals surface area (Å²) >= 11 is 0. The molecule has 2 aromatic carbocycles. The monoisotopic (exact) mass is 556 g/mol. The van der Waals surface area contributed by atoms with Gasteiger partial charge in [0.1, 0.15) is 11.6 Å². The normalized spacial score (nSPS) is 11.4. The van der Waals surface area contributed by atoms with Crippen molar-refractivity contribution in [3.63, 3.8) is 0 Å². The van der Waals surface area contributed by atoms with E-state index in [2.05, 4.69) is 51.6 Å². The Labute approximate surface area is 242 Å². The molecule has 0 aliphatic rings. The first kappa shape index (κ1) is 29.5. The average molecular weight is 557 g/mol. The van der Waals surface area contributed by atoms with E-state index < -0.39 is 0 Å². The summed E-state index contributed by atoms with van der Waals surface area (Å²) in [4.78, 5) is 23.9. The third-order valence-corrected chi connectivity index (χ3v) is 6.32. The number of para-hydroxylation sites is 1. The van der Waals surface area contributed by atoms with Crippen molar-refractivity contribution in [1.29, 1.82) is 0 Å². The van der Waals surface area contributed by atoms with Crippen molar-refractivity contribution >= 4 is 17.8 Å². The van der Waals surface area contributed by atoms with Gasteiger partial charge in [-0.1, -0.05) is 56.7 Å². The number of hydrogen-bond donors (Lipinski definition) is 3. The molecule has 10 heteroatoms. The van der Waals surface area contributed by atoms with Crippen LogP contribution >= 0.6 is 0 Å². The van der Waals surface area contributed by atoms with E-state index in [1.165, 1.54) is 0 Å². The third-order valence-electron chi connectivity index (χ3n) is 6.32. The lowest BCUT2D eigenvalue weighted by Crippen LogP contribution is -2.29. The van der Waals surface area contributed by atoms with Gasteiger partial charge in [0.25, 0.3) is 0 Å². The average Bonchev–Trinajstić information content (AvgIpc) is 3.35. The van der Waals surface area contributed by atoms with Gasteiger partial charge in [-0.05, 0) is 52.2 Å². The van der Waals surface area contributed by atoms with Gasteiger partial charge in [0.2, 0.25) is 11.8 Å². The van der Waals surface area contributed by atoms with Gasteiger partial charge in [-0.2, -0.15) is 10.1 Å². The summed E-state index contributed by atoms with van der Waals surface area (Å²) in [7, 11) is 4.09. The fraction of sp³-hybridized carbons (Fsp3) is 0.355. The second-order valence-electron chi connectivity index (χ2n) is 11.2. The van der Waals surface area contributed by atoms with Gasteiger partial charge in [0.15, 0.2) is 0 Å². The van der Waals surface area contributed by atoms with Gasteiger partial charge < -0.3 is 20.3 Å². The van der Waals surface area contributed by atoms with E-state index in [0.717, 1.165) is 42.0 Å². The lowest BCUT2D eigenvalue weighted by molar-refractivity contribution is 0.251. The van der Waals surface area contributed by atoms with Crippen LogP contribution < -0.4 is 20.7 Å². The summed E-state index contributed by atoms with van der Waals surface area (Å²) in [6, 6.07) is 18.9. The van der Waals surface area contributed by atoms with Gasteiger partial charge in [-0.3, -0.25) is 5.32 Å². The fourth-order valence-corrected chi connectivity index (χ4v) is 4.00. The number of aromatic nitrogens is 4. The lowest BCUT2D eigenvalue weighted by atomic mass is 9.92. The quantitative estimate of drug-likeness (QED) is 0.202. The molecule has 4 rings (SSSR count). The minimum absolute atomic E-state index is 0.179. The van der Waals surface area contributed by atoms with Crippen molar-refractivity contribution in [3.8, 4) is 17.3 Å². The van der Waals surface area contributed by atoms with Crippen LogP contribution in [0.1, 0.15) is 44.0 Å². The van der Waals surface area contributed by atoms with E-state index >= 15 is 0 Å². The van der Waals surface area contributed by atoms with E-state index in [1.54, 1.807) is 16.9 Å². The second-order valence-corrected chi connectivity index (χ2v) is 11.2. The topological polar surface area (TPSA) is 109 Å². The lowest BCUT2D eigenvalue weighted by Gasteiger charge is -2.14. The summed E-state index contributed by atoms with van der Waals surface area (Å²) in [6.45, 7) is 10.3. The number of benzene rings is 2. The number of amides is 2. The molecule has 2 aromatic heterocycles. The van der Waals surface area contributed by atoms with Crippen molar-refractivity contribution in [2.75, 3.05) is 37.8 Å². The number of nitrogens with zero attached hydrogens (tertiary/aromatic N) is 5. The third kappa shape index (κ3) is 8.52. The Morgan fingerprint density at radius 1 is 1.05 bits per heavy atom. The molecule has 41 heavy (non-hydrogen) atoms. The molecule has 0 fully saturated rings. The van der Waals surface area contributed by atoms with Crippen molar-refractivity contribution in [1.82, 2.24) is 30.0 Å². The molecule has 0 bridgehead atoms. The molecule has 4 aromatic rings. The molecule has 0 radical (unpaired) electrons.